The van der Waals surface area contributed by atoms with Gasteiger partial charge in [0.1, 0.15) is 28.4 Å². The van der Waals surface area contributed by atoms with Gasteiger partial charge in [0.2, 0.25) is 0 Å². The number of aromatic hydroxyl groups is 1. The average molecular weight is 725 g/mol. The highest BCUT2D eigenvalue weighted by Gasteiger charge is 2.29. The van der Waals surface area contributed by atoms with Crippen LogP contribution in [0.25, 0.3) is 55.5 Å². The second-order valence-electron chi connectivity index (χ2n) is 17.1. The minimum Gasteiger partial charge on any atom is -0.507 e. The van der Waals surface area contributed by atoms with E-state index in [1.54, 1.807) is 0 Å². The molecular weight excluding hydrogens is 677 g/mol. The van der Waals surface area contributed by atoms with E-state index in [9.17, 15) is 5.11 Å². The van der Waals surface area contributed by atoms with Crippen molar-refractivity contribution in [2.24, 2.45) is 5.92 Å². The van der Waals surface area contributed by atoms with Gasteiger partial charge in [0.15, 0.2) is 11.4 Å². The highest BCUT2D eigenvalue weighted by molar-refractivity contribution is 6.07. The molecule has 0 aliphatic carbocycles. The van der Waals surface area contributed by atoms with Crippen molar-refractivity contribution in [3.63, 3.8) is 0 Å². The summed E-state index contributed by atoms with van der Waals surface area (Å²) in [5.41, 5.74) is 8.67. The second-order valence-corrected chi connectivity index (χ2v) is 17.1. The van der Waals surface area contributed by atoms with Crippen LogP contribution in [0, 0.1) is 5.92 Å². The van der Waals surface area contributed by atoms with E-state index in [-0.39, 0.29) is 16.6 Å². The van der Waals surface area contributed by atoms with E-state index in [0.29, 0.717) is 34.1 Å². The van der Waals surface area contributed by atoms with E-state index in [1.807, 2.05) is 48.7 Å². The number of anilines is 3. The Kier molecular flexibility index (Phi) is 8.96. The van der Waals surface area contributed by atoms with Gasteiger partial charge in [-0.1, -0.05) is 116 Å². The molecule has 3 heterocycles. The molecule has 0 bridgehead atoms. The Morgan fingerprint density at radius 1 is 0.727 bits per heavy atom. The molecule has 276 valence electrons. The van der Waals surface area contributed by atoms with Crippen molar-refractivity contribution in [3.8, 4) is 28.4 Å². The SMILES string of the molecule is CC(C)Cc1cc(-c2nc(-c3cc(C(C)(C)C)cc(C(C)(C)C)c3O)c3oc4ccccc4c3n2)cc(N(c2ccccn2)c2cccc3ccccc23)c1. The third-order valence-corrected chi connectivity index (χ3v) is 10.3. The first-order chi connectivity index (χ1) is 26.3. The van der Waals surface area contributed by atoms with Gasteiger partial charge in [0.25, 0.3) is 0 Å². The second kappa shape index (κ2) is 13.7. The van der Waals surface area contributed by atoms with Crippen LogP contribution in [0.15, 0.2) is 126 Å². The number of phenols is 1. The highest BCUT2D eigenvalue weighted by Crippen LogP contribution is 2.46. The molecule has 6 nitrogen and oxygen atoms in total. The number of rotatable bonds is 7. The summed E-state index contributed by atoms with van der Waals surface area (Å²) >= 11 is 0. The maximum Gasteiger partial charge on any atom is 0.180 e. The third-order valence-electron chi connectivity index (χ3n) is 10.3. The quantitative estimate of drug-likeness (QED) is 0.176. The van der Waals surface area contributed by atoms with Crippen molar-refractivity contribution in [1.82, 2.24) is 15.0 Å². The van der Waals surface area contributed by atoms with Crippen molar-refractivity contribution in [1.29, 1.82) is 0 Å². The van der Waals surface area contributed by atoms with Crippen molar-refractivity contribution in [3.05, 3.63) is 138 Å². The molecule has 5 aromatic carbocycles. The predicted molar refractivity (Wildman–Crippen MR) is 228 cm³/mol. The molecular formula is C49H48N4O2. The lowest BCUT2D eigenvalue weighted by molar-refractivity contribution is 0.446. The molecule has 0 atom stereocenters. The van der Waals surface area contributed by atoms with Crippen LogP contribution in [0.2, 0.25) is 0 Å². The van der Waals surface area contributed by atoms with Gasteiger partial charge in [-0.25, -0.2) is 15.0 Å². The Balaban J connectivity index is 1.44. The molecule has 8 aromatic rings. The molecule has 0 spiro atoms. The number of pyridine rings is 1. The number of hydrogen-bond acceptors (Lipinski definition) is 6. The fraction of sp³-hybridized carbons (Fsp3) is 0.245. The molecule has 0 unspecified atom stereocenters. The van der Waals surface area contributed by atoms with Crippen LogP contribution in [0.3, 0.4) is 0 Å². The smallest absolute Gasteiger partial charge is 0.180 e. The van der Waals surface area contributed by atoms with E-state index in [1.165, 1.54) is 5.56 Å². The van der Waals surface area contributed by atoms with Crippen LogP contribution in [0.5, 0.6) is 5.75 Å². The number of benzene rings is 5. The summed E-state index contributed by atoms with van der Waals surface area (Å²) < 4.78 is 6.58. The van der Waals surface area contributed by atoms with E-state index < -0.39 is 0 Å². The van der Waals surface area contributed by atoms with Crippen molar-refractivity contribution in [2.45, 2.75) is 72.6 Å². The van der Waals surface area contributed by atoms with E-state index >= 15 is 0 Å². The summed E-state index contributed by atoms with van der Waals surface area (Å²) in [7, 11) is 0. The van der Waals surface area contributed by atoms with Crippen molar-refractivity contribution >= 4 is 50.0 Å². The van der Waals surface area contributed by atoms with E-state index in [2.05, 4.69) is 133 Å². The molecule has 0 radical (unpaired) electrons. The van der Waals surface area contributed by atoms with Gasteiger partial charge in [0, 0.05) is 39.3 Å². The van der Waals surface area contributed by atoms with E-state index in [4.69, 9.17) is 19.4 Å². The summed E-state index contributed by atoms with van der Waals surface area (Å²) in [5, 5.41) is 15.3. The van der Waals surface area contributed by atoms with Crippen LogP contribution >= 0.6 is 0 Å². The average Bonchev–Trinajstić information content (AvgIpc) is 3.53. The molecule has 0 saturated carbocycles. The fourth-order valence-corrected chi connectivity index (χ4v) is 7.53. The summed E-state index contributed by atoms with van der Waals surface area (Å²) in [6.07, 6.45) is 2.70. The molecule has 6 heteroatoms. The number of aromatic nitrogens is 3. The molecule has 0 aliphatic heterocycles. The summed E-state index contributed by atoms with van der Waals surface area (Å²) in [6.45, 7) is 17.5. The van der Waals surface area contributed by atoms with E-state index in [0.717, 1.165) is 62.0 Å². The molecule has 0 fully saturated rings. The number of para-hydroxylation sites is 1. The van der Waals surface area contributed by atoms with Gasteiger partial charge in [-0.05, 0) is 94.3 Å². The van der Waals surface area contributed by atoms with Crippen LogP contribution in [-0.2, 0) is 17.3 Å². The lowest BCUT2D eigenvalue weighted by Crippen LogP contribution is -2.17. The van der Waals surface area contributed by atoms with Crippen LogP contribution in [-0.4, -0.2) is 20.1 Å². The third kappa shape index (κ3) is 6.82. The van der Waals surface area contributed by atoms with Crippen molar-refractivity contribution in [2.75, 3.05) is 4.90 Å². The molecule has 0 aliphatic rings. The first-order valence-electron chi connectivity index (χ1n) is 19.2. The molecule has 3 aromatic heterocycles. The standard InChI is InChI=1S/C49H48N4O2/c1-30(2)24-31-25-33(27-35(26-31)53(42-22-13-14-23-50-42)40-20-15-17-32-16-9-10-18-36(32)40)47-51-43-37-19-11-12-21-41(37)55-46(43)44(52-47)38-28-34(48(3,4)5)29-39(45(38)54)49(6,7)8/h9-23,25-30,54H,24H2,1-8H3. The Morgan fingerprint density at radius 2 is 1.45 bits per heavy atom. The predicted octanol–water partition coefficient (Wildman–Crippen LogP) is 13.2. The van der Waals surface area contributed by atoms with Gasteiger partial charge in [0.05, 0.1) is 5.69 Å². The molecule has 0 saturated heterocycles. The fourth-order valence-electron chi connectivity index (χ4n) is 7.53. The Labute approximate surface area is 323 Å². The van der Waals surface area contributed by atoms with Crippen molar-refractivity contribution < 1.29 is 9.52 Å². The zero-order chi connectivity index (χ0) is 38.6. The summed E-state index contributed by atoms with van der Waals surface area (Å²) in [5.74, 6) is 1.98. The zero-order valence-corrected chi connectivity index (χ0v) is 33.0. The minimum atomic E-state index is -0.320. The van der Waals surface area contributed by atoms with Gasteiger partial charge in [-0.2, -0.15) is 0 Å². The van der Waals surface area contributed by atoms with Gasteiger partial charge in [-0.3, -0.25) is 4.90 Å². The number of fused-ring (bicyclic) bond motifs is 4. The molecule has 55 heavy (non-hydrogen) atoms. The van der Waals surface area contributed by atoms with Gasteiger partial charge >= 0.3 is 0 Å². The molecule has 0 amide bonds. The van der Waals surface area contributed by atoms with Gasteiger partial charge in [-0.15, -0.1) is 0 Å². The Bertz CT molecular complexity index is 2690. The first-order valence-corrected chi connectivity index (χ1v) is 19.2. The number of furan rings is 1. The summed E-state index contributed by atoms with van der Waals surface area (Å²) in [6, 6.07) is 39.7. The Hall–Kier alpha value is -6.01. The maximum atomic E-state index is 12.1. The maximum absolute atomic E-state index is 12.1. The normalized spacial score (nSPS) is 12.3. The number of nitrogens with zero attached hydrogens (tertiary/aromatic N) is 4. The number of hydrogen-bond donors (Lipinski definition) is 1. The van der Waals surface area contributed by atoms with Crippen LogP contribution in [0.4, 0.5) is 17.2 Å². The lowest BCUT2D eigenvalue weighted by Gasteiger charge is -2.27. The monoisotopic (exact) mass is 724 g/mol. The number of phenolic OH excluding ortho intramolecular Hbond substituents is 1. The largest absolute Gasteiger partial charge is 0.507 e. The minimum absolute atomic E-state index is 0.179. The topological polar surface area (TPSA) is 75.3 Å². The Morgan fingerprint density at radius 3 is 2.18 bits per heavy atom. The summed E-state index contributed by atoms with van der Waals surface area (Å²) in [4.78, 5) is 17.8. The zero-order valence-electron chi connectivity index (χ0n) is 33.0. The molecule has 1 N–H and O–H groups in total. The molecule has 8 rings (SSSR count). The van der Waals surface area contributed by atoms with Crippen LogP contribution < -0.4 is 4.90 Å². The van der Waals surface area contributed by atoms with Crippen LogP contribution in [0.1, 0.15) is 72.1 Å². The lowest BCUT2D eigenvalue weighted by atomic mass is 9.78. The van der Waals surface area contributed by atoms with Gasteiger partial charge < -0.3 is 9.52 Å². The highest BCUT2D eigenvalue weighted by atomic mass is 16.3. The first kappa shape index (κ1) is 36.0.